The number of nitrogens with one attached hydrogen (secondary N) is 2. The Morgan fingerprint density at radius 3 is 2.49 bits per heavy atom. The van der Waals surface area contributed by atoms with E-state index in [1.165, 1.54) is 28.8 Å². The Morgan fingerprint density at radius 1 is 1.23 bits per heavy atom. The standard InChI is InChI=1S/C26H41N3O5S/c1-7-9-12-16-27-23(31)22(19-13-10-11-14-21(19)30)29(17-8-2)24(32)20(15-18-35-6)28-25(33)34-26(3,4)5/h8,10-11,13-14,20,22,30H,2,7,9,12,15-18H2,1,3-6H3,(H,27,31)(H,28,33). The number of benzene rings is 1. The summed E-state index contributed by atoms with van der Waals surface area (Å²) in [5.41, 5.74) is -0.425. The lowest BCUT2D eigenvalue weighted by atomic mass is 10.0. The van der Waals surface area contributed by atoms with Crippen molar-refractivity contribution in [2.45, 2.75) is 71.1 Å². The van der Waals surface area contributed by atoms with E-state index < -0.39 is 35.6 Å². The third-order valence-electron chi connectivity index (χ3n) is 5.08. The van der Waals surface area contributed by atoms with Crippen molar-refractivity contribution in [3.05, 3.63) is 42.5 Å². The highest BCUT2D eigenvalue weighted by Crippen LogP contribution is 2.30. The van der Waals surface area contributed by atoms with E-state index in [1.54, 1.807) is 39.0 Å². The van der Waals surface area contributed by atoms with Crippen molar-refractivity contribution in [1.82, 2.24) is 15.5 Å². The van der Waals surface area contributed by atoms with Crippen molar-refractivity contribution in [1.29, 1.82) is 0 Å². The summed E-state index contributed by atoms with van der Waals surface area (Å²) in [6.45, 7) is 11.6. The van der Waals surface area contributed by atoms with Crippen LogP contribution in [0.1, 0.15) is 65.0 Å². The Hall–Kier alpha value is -2.68. The van der Waals surface area contributed by atoms with Gasteiger partial charge >= 0.3 is 6.09 Å². The lowest BCUT2D eigenvalue weighted by Crippen LogP contribution is -2.53. The van der Waals surface area contributed by atoms with Gasteiger partial charge in [0.25, 0.3) is 0 Å². The first-order chi connectivity index (χ1) is 16.6. The molecule has 3 amide bonds. The van der Waals surface area contributed by atoms with Crippen LogP contribution in [0.25, 0.3) is 0 Å². The van der Waals surface area contributed by atoms with Gasteiger partial charge in [0.15, 0.2) is 0 Å². The minimum atomic E-state index is -1.10. The number of unbranched alkanes of at least 4 members (excludes halogenated alkanes) is 2. The average molecular weight is 508 g/mol. The van der Waals surface area contributed by atoms with Crippen LogP contribution in [-0.4, -0.2) is 64.7 Å². The van der Waals surface area contributed by atoms with E-state index in [1.807, 2.05) is 6.26 Å². The summed E-state index contributed by atoms with van der Waals surface area (Å²) < 4.78 is 5.36. The summed E-state index contributed by atoms with van der Waals surface area (Å²) in [6, 6.07) is 4.44. The van der Waals surface area contributed by atoms with Crippen LogP contribution >= 0.6 is 11.8 Å². The minimum absolute atomic E-state index is 0.0476. The molecule has 0 aliphatic heterocycles. The molecule has 9 heteroatoms. The van der Waals surface area contributed by atoms with Crippen molar-refractivity contribution in [2.24, 2.45) is 0 Å². The molecule has 0 heterocycles. The van der Waals surface area contributed by atoms with E-state index in [-0.39, 0.29) is 12.3 Å². The highest BCUT2D eigenvalue weighted by molar-refractivity contribution is 7.98. The van der Waals surface area contributed by atoms with Crippen LogP contribution in [0.15, 0.2) is 36.9 Å². The number of nitrogens with zero attached hydrogens (tertiary/aromatic N) is 1. The largest absolute Gasteiger partial charge is 0.508 e. The van der Waals surface area contributed by atoms with Crippen LogP contribution < -0.4 is 10.6 Å². The monoisotopic (exact) mass is 507 g/mol. The normalized spacial score (nSPS) is 12.8. The molecule has 0 aliphatic rings. The summed E-state index contributed by atoms with van der Waals surface area (Å²) in [4.78, 5) is 41.0. The van der Waals surface area contributed by atoms with E-state index in [9.17, 15) is 19.5 Å². The van der Waals surface area contributed by atoms with Crippen molar-refractivity contribution in [3.63, 3.8) is 0 Å². The van der Waals surface area contributed by atoms with Crippen molar-refractivity contribution in [3.8, 4) is 5.75 Å². The number of carbonyl (C=O) groups excluding carboxylic acids is 3. The maximum Gasteiger partial charge on any atom is 0.408 e. The number of para-hydroxylation sites is 1. The van der Waals surface area contributed by atoms with E-state index in [2.05, 4.69) is 24.1 Å². The van der Waals surface area contributed by atoms with Gasteiger partial charge in [0.2, 0.25) is 11.8 Å². The highest BCUT2D eigenvalue weighted by atomic mass is 32.2. The molecule has 0 saturated carbocycles. The number of amides is 3. The molecule has 0 radical (unpaired) electrons. The van der Waals surface area contributed by atoms with Crippen LogP contribution in [0.5, 0.6) is 5.75 Å². The molecule has 35 heavy (non-hydrogen) atoms. The Balaban J connectivity index is 3.34. The third kappa shape index (κ3) is 10.6. The zero-order valence-corrected chi connectivity index (χ0v) is 22.5. The quantitative estimate of drug-likeness (QED) is 0.254. The summed E-state index contributed by atoms with van der Waals surface area (Å²) in [7, 11) is 0. The second kappa shape index (κ2) is 15.3. The molecule has 0 saturated heterocycles. The van der Waals surface area contributed by atoms with Gasteiger partial charge in [-0.3, -0.25) is 9.59 Å². The van der Waals surface area contributed by atoms with Crippen LogP contribution in [0, 0.1) is 0 Å². The maximum atomic E-state index is 13.8. The topological polar surface area (TPSA) is 108 Å². The lowest BCUT2D eigenvalue weighted by molar-refractivity contribution is -0.141. The molecule has 0 aromatic heterocycles. The summed E-state index contributed by atoms with van der Waals surface area (Å²) >= 11 is 1.54. The SMILES string of the molecule is C=CCN(C(=O)C(CCSC)NC(=O)OC(C)(C)C)C(C(=O)NCCCCC)c1ccccc1O. The molecule has 3 N–H and O–H groups in total. The number of ether oxygens (including phenoxy) is 1. The number of aromatic hydroxyl groups is 1. The van der Waals surface area contributed by atoms with Gasteiger partial charge in [-0.05, 0) is 51.7 Å². The second-order valence-corrected chi connectivity index (χ2v) is 10.2. The molecule has 196 valence electrons. The summed E-state index contributed by atoms with van der Waals surface area (Å²) in [5.74, 6) is -0.345. The van der Waals surface area contributed by atoms with Crippen LogP contribution in [0.3, 0.4) is 0 Å². The number of rotatable bonds is 14. The average Bonchev–Trinajstić information content (AvgIpc) is 2.78. The number of phenols is 1. The van der Waals surface area contributed by atoms with Crippen molar-refractivity contribution >= 4 is 29.7 Å². The van der Waals surface area contributed by atoms with E-state index in [0.717, 1.165) is 19.3 Å². The van der Waals surface area contributed by atoms with Gasteiger partial charge in [-0.15, -0.1) is 6.58 Å². The molecule has 1 aromatic rings. The fraction of sp³-hybridized carbons (Fsp3) is 0.577. The number of alkyl carbamates (subject to hydrolysis) is 1. The van der Waals surface area contributed by atoms with E-state index >= 15 is 0 Å². The Bertz CT molecular complexity index is 841. The Kier molecular flexibility index (Phi) is 13.3. The van der Waals surface area contributed by atoms with Crippen LogP contribution in [-0.2, 0) is 14.3 Å². The number of hydrogen-bond donors (Lipinski definition) is 3. The molecule has 1 rings (SSSR count). The fourth-order valence-electron chi connectivity index (χ4n) is 3.46. The van der Waals surface area contributed by atoms with Gasteiger partial charge in [-0.2, -0.15) is 11.8 Å². The van der Waals surface area contributed by atoms with E-state index in [4.69, 9.17) is 4.74 Å². The smallest absolute Gasteiger partial charge is 0.408 e. The van der Waals surface area contributed by atoms with Gasteiger partial charge in [0.05, 0.1) is 0 Å². The van der Waals surface area contributed by atoms with Gasteiger partial charge in [0, 0.05) is 18.7 Å². The Labute approximate surface area is 213 Å². The molecule has 8 nitrogen and oxygen atoms in total. The molecule has 2 unspecified atom stereocenters. The third-order valence-corrected chi connectivity index (χ3v) is 5.72. The van der Waals surface area contributed by atoms with Gasteiger partial charge in [0.1, 0.15) is 23.4 Å². The molecular formula is C26H41N3O5S. The molecule has 0 bridgehead atoms. The molecule has 0 fully saturated rings. The second-order valence-electron chi connectivity index (χ2n) is 9.22. The summed E-state index contributed by atoms with van der Waals surface area (Å²) in [5, 5.41) is 16.1. The van der Waals surface area contributed by atoms with Crippen LogP contribution in [0.2, 0.25) is 0 Å². The number of carbonyl (C=O) groups is 3. The Morgan fingerprint density at radius 2 is 1.91 bits per heavy atom. The number of thioether (sulfide) groups is 1. The van der Waals surface area contributed by atoms with Crippen molar-refractivity contribution < 1.29 is 24.2 Å². The first-order valence-corrected chi connectivity index (χ1v) is 13.4. The van der Waals surface area contributed by atoms with Gasteiger partial charge < -0.3 is 25.4 Å². The number of phenolic OH excluding ortho intramolecular Hbond substituents is 1. The molecule has 1 aromatic carbocycles. The maximum absolute atomic E-state index is 13.8. The predicted molar refractivity (Wildman–Crippen MR) is 141 cm³/mol. The highest BCUT2D eigenvalue weighted by Gasteiger charge is 2.36. The van der Waals surface area contributed by atoms with Gasteiger partial charge in [-0.1, -0.05) is 44.0 Å². The predicted octanol–water partition coefficient (Wildman–Crippen LogP) is 4.40. The zero-order valence-electron chi connectivity index (χ0n) is 21.6. The zero-order chi connectivity index (χ0) is 26.4. The first kappa shape index (κ1) is 30.4. The molecule has 0 aliphatic carbocycles. The van der Waals surface area contributed by atoms with E-state index in [0.29, 0.717) is 24.3 Å². The summed E-state index contributed by atoms with van der Waals surface area (Å²) in [6.07, 6.45) is 5.85. The lowest BCUT2D eigenvalue weighted by Gasteiger charge is -2.34. The number of hydrogen-bond acceptors (Lipinski definition) is 6. The van der Waals surface area contributed by atoms with Crippen molar-refractivity contribution in [2.75, 3.05) is 25.1 Å². The minimum Gasteiger partial charge on any atom is -0.508 e. The van der Waals surface area contributed by atoms with Crippen LogP contribution in [0.4, 0.5) is 4.79 Å². The van der Waals surface area contributed by atoms with Gasteiger partial charge in [-0.25, -0.2) is 4.79 Å². The molecular weight excluding hydrogens is 466 g/mol. The fourth-order valence-corrected chi connectivity index (χ4v) is 3.93. The molecule has 2 atom stereocenters. The first-order valence-electron chi connectivity index (χ1n) is 12.0. The molecule has 0 spiro atoms.